The number of benzene rings is 1. The van der Waals surface area contributed by atoms with Crippen molar-refractivity contribution in [2.45, 2.75) is 44.7 Å². The van der Waals surface area contributed by atoms with Gasteiger partial charge in [-0.05, 0) is 24.6 Å². The fourth-order valence-electron chi connectivity index (χ4n) is 1.80. The van der Waals surface area contributed by atoms with Gasteiger partial charge in [0, 0.05) is 10.0 Å². The summed E-state index contributed by atoms with van der Waals surface area (Å²) in [6.45, 7) is 1.95. The summed E-state index contributed by atoms with van der Waals surface area (Å²) in [7, 11) is 0. The molecule has 1 aromatic carbocycles. The molecule has 2 atom stereocenters. The summed E-state index contributed by atoms with van der Waals surface area (Å²) >= 11 is 3.17. The molecule has 0 aromatic heterocycles. The number of halogens is 5. The zero-order valence-electron chi connectivity index (χ0n) is 11.4. The third kappa shape index (κ3) is 6.86. The number of aliphatic hydroxyl groups excluding tert-OH is 1. The summed E-state index contributed by atoms with van der Waals surface area (Å²) in [5.41, 5.74) is 5.97. The van der Waals surface area contributed by atoms with E-state index >= 15 is 0 Å². The van der Waals surface area contributed by atoms with Crippen LogP contribution in [0.2, 0.25) is 0 Å². The molecular formula is C13H18BrClF3NO2. The number of nitrogens with two attached hydrogens (primary N) is 1. The summed E-state index contributed by atoms with van der Waals surface area (Å²) in [6.07, 6.45) is -3.67. The standard InChI is InChI=1S/C13H17BrF3NO2.ClH/c1-2-3-4-10(19)12(18)9-7-8(14)5-6-11(9)20-13(15,16)17;/h5-7,10,12,19H,2-4,18H2,1H3;1H/t10-,12+;/m0./s1. The van der Waals surface area contributed by atoms with Crippen molar-refractivity contribution in [3.63, 3.8) is 0 Å². The third-order valence-corrected chi connectivity index (χ3v) is 3.32. The lowest BCUT2D eigenvalue weighted by Crippen LogP contribution is -2.28. The summed E-state index contributed by atoms with van der Waals surface area (Å²) < 4.78 is 41.6. The summed E-state index contributed by atoms with van der Waals surface area (Å²) in [5, 5.41) is 9.94. The predicted octanol–water partition coefficient (Wildman–Crippen LogP) is 4.32. The monoisotopic (exact) mass is 391 g/mol. The maximum absolute atomic E-state index is 12.4. The predicted molar refractivity (Wildman–Crippen MR) is 80.5 cm³/mol. The van der Waals surface area contributed by atoms with Crippen LogP contribution in [-0.4, -0.2) is 17.6 Å². The minimum atomic E-state index is -4.79. The van der Waals surface area contributed by atoms with E-state index < -0.39 is 18.5 Å². The lowest BCUT2D eigenvalue weighted by atomic mass is 9.97. The molecule has 0 amide bonds. The van der Waals surface area contributed by atoms with Gasteiger partial charge in [-0.1, -0.05) is 35.7 Å². The van der Waals surface area contributed by atoms with E-state index in [1.54, 1.807) is 0 Å². The first-order valence-electron chi connectivity index (χ1n) is 6.23. The molecule has 0 fully saturated rings. The van der Waals surface area contributed by atoms with Crippen LogP contribution in [0.1, 0.15) is 37.8 Å². The van der Waals surface area contributed by atoms with Gasteiger partial charge in [0.1, 0.15) is 5.75 Å². The lowest BCUT2D eigenvalue weighted by molar-refractivity contribution is -0.275. The Hall–Kier alpha value is -0.500. The van der Waals surface area contributed by atoms with E-state index in [9.17, 15) is 18.3 Å². The van der Waals surface area contributed by atoms with E-state index in [0.717, 1.165) is 12.8 Å². The molecule has 0 spiro atoms. The van der Waals surface area contributed by atoms with Crippen LogP contribution in [0.4, 0.5) is 13.2 Å². The molecule has 0 radical (unpaired) electrons. The highest BCUT2D eigenvalue weighted by Gasteiger charge is 2.33. The molecule has 0 saturated carbocycles. The number of alkyl halides is 3. The van der Waals surface area contributed by atoms with Crippen LogP contribution in [0.25, 0.3) is 0 Å². The van der Waals surface area contributed by atoms with Crippen molar-refractivity contribution >= 4 is 28.3 Å². The molecule has 1 aromatic rings. The number of aliphatic hydroxyl groups is 1. The summed E-state index contributed by atoms with van der Waals surface area (Å²) in [4.78, 5) is 0. The Bertz CT molecular complexity index is 446. The Labute approximate surface area is 136 Å². The lowest BCUT2D eigenvalue weighted by Gasteiger charge is -2.22. The van der Waals surface area contributed by atoms with Gasteiger partial charge in [-0.25, -0.2) is 0 Å². The fraction of sp³-hybridized carbons (Fsp3) is 0.538. The smallest absolute Gasteiger partial charge is 0.405 e. The van der Waals surface area contributed by atoms with Crippen LogP contribution in [0.5, 0.6) is 5.75 Å². The van der Waals surface area contributed by atoms with Crippen molar-refractivity contribution in [3.05, 3.63) is 28.2 Å². The number of hydrogen-bond acceptors (Lipinski definition) is 3. The molecule has 0 saturated heterocycles. The highest BCUT2D eigenvalue weighted by atomic mass is 79.9. The van der Waals surface area contributed by atoms with Crippen molar-refractivity contribution in [2.24, 2.45) is 5.73 Å². The van der Waals surface area contributed by atoms with Crippen LogP contribution in [0.3, 0.4) is 0 Å². The molecule has 0 heterocycles. The largest absolute Gasteiger partial charge is 0.573 e. The van der Waals surface area contributed by atoms with E-state index in [1.165, 1.54) is 18.2 Å². The summed E-state index contributed by atoms with van der Waals surface area (Å²) in [6, 6.07) is 3.10. The van der Waals surface area contributed by atoms with Gasteiger partial charge in [0.15, 0.2) is 0 Å². The minimum absolute atomic E-state index is 0. The van der Waals surface area contributed by atoms with Crippen molar-refractivity contribution in [1.82, 2.24) is 0 Å². The molecule has 21 heavy (non-hydrogen) atoms. The van der Waals surface area contributed by atoms with Gasteiger partial charge < -0.3 is 15.6 Å². The van der Waals surface area contributed by atoms with Gasteiger partial charge in [-0.3, -0.25) is 0 Å². The number of rotatable bonds is 6. The van der Waals surface area contributed by atoms with Gasteiger partial charge in [0.25, 0.3) is 0 Å². The second kappa shape index (κ2) is 8.82. The first kappa shape index (κ1) is 20.5. The van der Waals surface area contributed by atoms with Crippen LogP contribution in [-0.2, 0) is 0 Å². The highest BCUT2D eigenvalue weighted by Crippen LogP contribution is 2.33. The van der Waals surface area contributed by atoms with Crippen molar-refractivity contribution in [3.8, 4) is 5.75 Å². The van der Waals surface area contributed by atoms with Gasteiger partial charge >= 0.3 is 6.36 Å². The first-order chi connectivity index (χ1) is 9.24. The number of ether oxygens (including phenoxy) is 1. The van der Waals surface area contributed by atoms with E-state index in [0.29, 0.717) is 10.9 Å². The van der Waals surface area contributed by atoms with E-state index in [1.807, 2.05) is 6.92 Å². The molecule has 3 nitrogen and oxygen atoms in total. The molecule has 8 heteroatoms. The Morgan fingerprint density at radius 2 is 2.00 bits per heavy atom. The fourth-order valence-corrected chi connectivity index (χ4v) is 2.18. The zero-order valence-corrected chi connectivity index (χ0v) is 13.8. The average Bonchev–Trinajstić information content (AvgIpc) is 2.35. The van der Waals surface area contributed by atoms with Gasteiger partial charge in [0.2, 0.25) is 0 Å². The number of unbranched alkanes of at least 4 members (excludes halogenated alkanes) is 1. The Kier molecular flexibility index (Phi) is 8.61. The molecule has 0 unspecified atom stereocenters. The molecular weight excluding hydrogens is 374 g/mol. The molecule has 1 rings (SSSR count). The van der Waals surface area contributed by atoms with Crippen molar-refractivity contribution in [1.29, 1.82) is 0 Å². The van der Waals surface area contributed by atoms with Crippen molar-refractivity contribution < 1.29 is 23.0 Å². The highest BCUT2D eigenvalue weighted by molar-refractivity contribution is 9.10. The van der Waals surface area contributed by atoms with Gasteiger partial charge in [-0.15, -0.1) is 25.6 Å². The van der Waals surface area contributed by atoms with Crippen LogP contribution in [0.15, 0.2) is 22.7 Å². The van der Waals surface area contributed by atoms with E-state index in [2.05, 4.69) is 20.7 Å². The molecule has 3 N–H and O–H groups in total. The van der Waals surface area contributed by atoms with Crippen LogP contribution in [0, 0.1) is 0 Å². The first-order valence-corrected chi connectivity index (χ1v) is 7.02. The van der Waals surface area contributed by atoms with E-state index in [4.69, 9.17) is 5.73 Å². The summed E-state index contributed by atoms with van der Waals surface area (Å²) in [5.74, 6) is -0.385. The van der Waals surface area contributed by atoms with Crippen molar-refractivity contribution in [2.75, 3.05) is 0 Å². The maximum atomic E-state index is 12.4. The molecule has 0 aliphatic heterocycles. The SMILES string of the molecule is CCCC[C@H](O)[C@H](N)c1cc(Br)ccc1OC(F)(F)F.Cl. The minimum Gasteiger partial charge on any atom is -0.405 e. The van der Waals surface area contributed by atoms with E-state index in [-0.39, 0.29) is 23.7 Å². The number of hydrogen-bond donors (Lipinski definition) is 2. The van der Waals surface area contributed by atoms with Crippen LogP contribution >= 0.6 is 28.3 Å². The Morgan fingerprint density at radius 1 is 1.38 bits per heavy atom. The van der Waals surface area contributed by atoms with Gasteiger partial charge in [-0.2, -0.15) is 0 Å². The topological polar surface area (TPSA) is 55.5 Å². The Morgan fingerprint density at radius 3 is 2.52 bits per heavy atom. The molecule has 0 aliphatic rings. The quantitative estimate of drug-likeness (QED) is 0.758. The maximum Gasteiger partial charge on any atom is 0.573 e. The van der Waals surface area contributed by atoms with Gasteiger partial charge in [0.05, 0.1) is 12.1 Å². The molecule has 0 bridgehead atoms. The molecule has 122 valence electrons. The zero-order chi connectivity index (χ0) is 15.3. The normalized spacial score (nSPS) is 14.2. The third-order valence-electron chi connectivity index (χ3n) is 2.82. The second-order valence-corrected chi connectivity index (χ2v) is 5.38. The Balaban J connectivity index is 0.00000400. The average molecular weight is 393 g/mol. The van der Waals surface area contributed by atoms with Crippen LogP contribution < -0.4 is 10.5 Å². The second-order valence-electron chi connectivity index (χ2n) is 4.47. The molecule has 0 aliphatic carbocycles.